The predicted molar refractivity (Wildman–Crippen MR) is 104 cm³/mol. The van der Waals surface area contributed by atoms with E-state index >= 15 is 0 Å². The van der Waals surface area contributed by atoms with Gasteiger partial charge in [0.05, 0.1) is 5.56 Å². The van der Waals surface area contributed by atoms with E-state index in [1.807, 2.05) is 24.3 Å². The minimum atomic E-state index is -0.696. The third kappa shape index (κ3) is 3.60. The van der Waals surface area contributed by atoms with Crippen LogP contribution in [0.15, 0.2) is 48.8 Å². The molecule has 1 fully saturated rings. The fourth-order valence-electron chi connectivity index (χ4n) is 3.76. The van der Waals surface area contributed by atoms with Crippen molar-refractivity contribution in [3.8, 4) is 28.3 Å². The lowest BCUT2D eigenvalue weighted by molar-refractivity contribution is 0.263. The average Bonchev–Trinajstić information content (AvgIpc) is 3.23. The quantitative estimate of drug-likeness (QED) is 0.695. The lowest BCUT2D eigenvalue weighted by atomic mass is 9.98. The summed E-state index contributed by atoms with van der Waals surface area (Å²) in [6, 6.07) is 10.4. The van der Waals surface area contributed by atoms with E-state index in [1.54, 1.807) is 0 Å². The van der Waals surface area contributed by atoms with Crippen LogP contribution in [0.2, 0.25) is 0 Å². The first-order valence-corrected chi connectivity index (χ1v) is 9.38. The van der Waals surface area contributed by atoms with Gasteiger partial charge in [0.2, 0.25) is 0 Å². The van der Waals surface area contributed by atoms with Crippen molar-refractivity contribution in [3.05, 3.63) is 66.0 Å². The van der Waals surface area contributed by atoms with Crippen LogP contribution < -0.4 is 0 Å². The van der Waals surface area contributed by atoms with Crippen LogP contribution in [0, 0.1) is 11.6 Å². The van der Waals surface area contributed by atoms with E-state index in [0.29, 0.717) is 11.6 Å². The average molecular weight is 381 g/mol. The molecule has 1 aliphatic rings. The van der Waals surface area contributed by atoms with Gasteiger partial charge in [-0.1, -0.05) is 24.3 Å². The first-order valence-electron chi connectivity index (χ1n) is 9.38. The summed E-state index contributed by atoms with van der Waals surface area (Å²) in [5, 5.41) is 9.15. The number of hydrogen-bond donors (Lipinski definition) is 1. The van der Waals surface area contributed by atoms with Crippen LogP contribution in [0.4, 0.5) is 8.78 Å². The molecule has 0 radical (unpaired) electrons. The summed E-state index contributed by atoms with van der Waals surface area (Å²) >= 11 is 0. The molecule has 0 amide bonds. The molecular formula is C22H21F2N3O. The Morgan fingerprint density at radius 3 is 2.04 bits per heavy atom. The summed E-state index contributed by atoms with van der Waals surface area (Å²) in [6.45, 7) is 4.41. The van der Waals surface area contributed by atoms with Gasteiger partial charge in [-0.2, -0.15) is 0 Å². The van der Waals surface area contributed by atoms with Crippen molar-refractivity contribution >= 4 is 0 Å². The maximum atomic E-state index is 14.6. The summed E-state index contributed by atoms with van der Waals surface area (Å²) < 4.78 is 29.3. The van der Waals surface area contributed by atoms with E-state index in [2.05, 4.69) is 21.8 Å². The molecule has 144 valence electrons. The zero-order valence-electron chi connectivity index (χ0n) is 15.6. The molecule has 0 saturated carbocycles. The highest BCUT2D eigenvalue weighted by atomic mass is 19.1. The number of likely N-dealkylation sites (tertiary alicyclic amines) is 1. The molecular weight excluding hydrogens is 360 g/mol. The summed E-state index contributed by atoms with van der Waals surface area (Å²) in [4.78, 5) is 9.62. The van der Waals surface area contributed by atoms with E-state index in [4.69, 9.17) is 5.11 Å². The molecule has 1 aliphatic heterocycles. The third-order valence-electron chi connectivity index (χ3n) is 5.38. The fourth-order valence-corrected chi connectivity index (χ4v) is 3.76. The Morgan fingerprint density at radius 1 is 0.893 bits per heavy atom. The van der Waals surface area contributed by atoms with Crippen molar-refractivity contribution in [1.29, 1.82) is 0 Å². The highest BCUT2D eigenvalue weighted by Crippen LogP contribution is 2.32. The highest BCUT2D eigenvalue weighted by Gasteiger charge is 2.20. The second kappa shape index (κ2) is 7.64. The van der Waals surface area contributed by atoms with Gasteiger partial charge < -0.3 is 5.11 Å². The largest absolute Gasteiger partial charge is 0.479 e. The van der Waals surface area contributed by atoms with E-state index in [1.165, 1.54) is 42.9 Å². The second-order valence-corrected chi connectivity index (χ2v) is 7.13. The number of aromatic nitrogens is 2. The summed E-state index contributed by atoms with van der Waals surface area (Å²) in [6.07, 6.45) is 4.86. The molecule has 4 rings (SSSR count). The molecule has 1 N–H and O–H groups in total. The van der Waals surface area contributed by atoms with Gasteiger partial charge in [-0.3, -0.25) is 4.90 Å². The Bertz CT molecular complexity index is 945. The van der Waals surface area contributed by atoms with E-state index in [0.717, 1.165) is 18.7 Å². The van der Waals surface area contributed by atoms with Gasteiger partial charge in [-0.15, -0.1) is 0 Å². The molecule has 3 aromatic rings. The van der Waals surface area contributed by atoms with Crippen molar-refractivity contribution < 1.29 is 13.9 Å². The molecule has 0 bridgehead atoms. The second-order valence-electron chi connectivity index (χ2n) is 7.13. The lowest BCUT2D eigenvalue weighted by Gasteiger charge is -2.24. The van der Waals surface area contributed by atoms with Crippen LogP contribution in [0.5, 0.6) is 6.01 Å². The summed E-state index contributed by atoms with van der Waals surface area (Å²) in [7, 11) is 0. The Morgan fingerprint density at radius 2 is 1.46 bits per heavy atom. The molecule has 6 heteroatoms. The smallest absolute Gasteiger partial charge is 0.313 e. The lowest BCUT2D eigenvalue weighted by Crippen LogP contribution is -2.23. The van der Waals surface area contributed by atoms with Gasteiger partial charge in [0.15, 0.2) is 0 Å². The Labute approximate surface area is 162 Å². The summed E-state index contributed by atoms with van der Waals surface area (Å²) in [5.74, 6) is -1.39. The van der Waals surface area contributed by atoms with Gasteiger partial charge in [-0.25, -0.2) is 18.7 Å². The molecule has 28 heavy (non-hydrogen) atoms. The van der Waals surface area contributed by atoms with E-state index in [9.17, 15) is 8.78 Å². The van der Waals surface area contributed by atoms with Crippen molar-refractivity contribution in [3.63, 3.8) is 0 Å². The molecule has 0 aliphatic carbocycles. The maximum absolute atomic E-state index is 14.6. The van der Waals surface area contributed by atoms with Crippen LogP contribution in [-0.4, -0.2) is 33.1 Å². The number of benzene rings is 2. The first-order chi connectivity index (χ1) is 13.5. The number of halogens is 2. The molecule has 2 aromatic carbocycles. The van der Waals surface area contributed by atoms with E-state index < -0.39 is 17.6 Å². The van der Waals surface area contributed by atoms with Crippen molar-refractivity contribution in [1.82, 2.24) is 14.9 Å². The fraction of sp³-hybridized carbons (Fsp3) is 0.273. The van der Waals surface area contributed by atoms with Crippen molar-refractivity contribution in [2.24, 2.45) is 0 Å². The molecule has 2 heterocycles. The summed E-state index contributed by atoms with van der Waals surface area (Å²) in [5.41, 5.74) is 2.39. The standard InChI is InChI=1S/C22H21F2N3O/c1-14(27-8-2-3-9-27)15-4-6-16(7-5-15)17-10-19(23)21(20(24)11-17)18-12-25-22(28)26-13-18/h4-7,10-14H,2-3,8-9H2,1H3,(H,25,26,28). The molecule has 1 aromatic heterocycles. The predicted octanol–water partition coefficient (Wildman–Crippen LogP) is 4.95. The topological polar surface area (TPSA) is 49.3 Å². The maximum Gasteiger partial charge on any atom is 0.313 e. The SMILES string of the molecule is CC(c1ccc(-c2cc(F)c(-c3cnc(O)nc3)c(F)c2)cc1)N1CCCC1. The number of aromatic hydroxyl groups is 1. The van der Waals surface area contributed by atoms with Gasteiger partial charge in [0.1, 0.15) is 11.6 Å². The van der Waals surface area contributed by atoms with Crippen LogP contribution in [0.25, 0.3) is 22.3 Å². The molecule has 1 saturated heterocycles. The number of nitrogens with zero attached hydrogens (tertiary/aromatic N) is 3. The van der Waals surface area contributed by atoms with Crippen LogP contribution in [0.1, 0.15) is 31.4 Å². The number of hydrogen-bond acceptors (Lipinski definition) is 4. The Balaban J connectivity index is 1.61. The zero-order valence-corrected chi connectivity index (χ0v) is 15.6. The number of rotatable bonds is 4. The highest BCUT2D eigenvalue weighted by molar-refractivity contribution is 5.71. The molecule has 1 unspecified atom stereocenters. The van der Waals surface area contributed by atoms with Crippen LogP contribution in [-0.2, 0) is 0 Å². The Kier molecular flexibility index (Phi) is 5.05. The van der Waals surface area contributed by atoms with Crippen LogP contribution >= 0.6 is 0 Å². The minimum absolute atomic E-state index is 0.175. The third-order valence-corrected chi connectivity index (χ3v) is 5.38. The molecule has 0 spiro atoms. The molecule has 4 nitrogen and oxygen atoms in total. The van der Waals surface area contributed by atoms with Crippen molar-refractivity contribution in [2.45, 2.75) is 25.8 Å². The monoisotopic (exact) mass is 381 g/mol. The van der Waals surface area contributed by atoms with E-state index in [-0.39, 0.29) is 11.1 Å². The first kappa shape index (κ1) is 18.5. The van der Waals surface area contributed by atoms with Gasteiger partial charge in [0.25, 0.3) is 0 Å². The van der Waals surface area contributed by atoms with Gasteiger partial charge >= 0.3 is 6.01 Å². The Hall–Kier alpha value is -2.86. The molecule has 1 atom stereocenters. The zero-order chi connectivity index (χ0) is 19.7. The van der Waals surface area contributed by atoms with Crippen LogP contribution in [0.3, 0.4) is 0 Å². The van der Waals surface area contributed by atoms with Crippen molar-refractivity contribution in [2.75, 3.05) is 13.1 Å². The minimum Gasteiger partial charge on any atom is -0.479 e. The van der Waals surface area contributed by atoms with Gasteiger partial charge in [-0.05, 0) is 61.7 Å². The van der Waals surface area contributed by atoms with Gasteiger partial charge in [0, 0.05) is 24.0 Å². The normalized spacial score (nSPS) is 15.7.